The molecule has 1 N–H and O–H groups in total. The summed E-state index contributed by atoms with van der Waals surface area (Å²) in [7, 11) is 1.55. The average molecular weight is 542 g/mol. The van der Waals surface area contributed by atoms with E-state index in [1.807, 2.05) is 32.9 Å². The highest BCUT2D eigenvalue weighted by molar-refractivity contribution is 9.10. The van der Waals surface area contributed by atoms with Gasteiger partial charge in [-0.3, -0.25) is 4.79 Å². The van der Waals surface area contributed by atoms with Crippen LogP contribution in [0.25, 0.3) is 0 Å². The number of rotatable bonds is 6. The molecule has 172 valence electrons. The molecule has 1 amide bonds. The Labute approximate surface area is 207 Å². The summed E-state index contributed by atoms with van der Waals surface area (Å²) in [5.74, 6) is 0.610. The van der Waals surface area contributed by atoms with Crippen LogP contribution in [0.2, 0.25) is 5.02 Å². The lowest BCUT2D eigenvalue weighted by molar-refractivity contribution is -0.118. The van der Waals surface area contributed by atoms with Crippen LogP contribution in [0.15, 0.2) is 34.8 Å². The molecule has 32 heavy (non-hydrogen) atoms. The third-order valence-electron chi connectivity index (χ3n) is 5.07. The number of morpholine rings is 1. The first-order chi connectivity index (χ1) is 15.2. The van der Waals surface area contributed by atoms with Crippen molar-refractivity contribution < 1.29 is 19.0 Å². The molecule has 0 saturated carbocycles. The Kier molecular flexibility index (Phi) is 8.38. The Balaban J connectivity index is 1.71. The van der Waals surface area contributed by atoms with Crippen LogP contribution in [0.4, 0.5) is 5.69 Å². The predicted molar refractivity (Wildman–Crippen MR) is 134 cm³/mol. The van der Waals surface area contributed by atoms with Crippen LogP contribution in [0.3, 0.4) is 0 Å². The molecular formula is C23H26BrClN2O4S. The van der Waals surface area contributed by atoms with E-state index in [-0.39, 0.29) is 24.7 Å². The SMILES string of the molecule is COc1cc(C(=S)N2C[C@@H](C)O[C@@H](C)C2)cc(Br)c1OCC(=O)Nc1cccc(Cl)c1C. The number of hydrogen-bond donors (Lipinski definition) is 1. The van der Waals surface area contributed by atoms with E-state index in [1.165, 1.54) is 0 Å². The number of nitrogens with one attached hydrogen (secondary N) is 1. The smallest absolute Gasteiger partial charge is 0.262 e. The normalized spacial score (nSPS) is 18.2. The van der Waals surface area contributed by atoms with Gasteiger partial charge in [0.15, 0.2) is 18.1 Å². The Morgan fingerprint density at radius 2 is 2.00 bits per heavy atom. The molecular weight excluding hydrogens is 516 g/mol. The highest BCUT2D eigenvalue weighted by atomic mass is 79.9. The quantitative estimate of drug-likeness (QED) is 0.506. The molecule has 0 aromatic heterocycles. The zero-order valence-corrected chi connectivity index (χ0v) is 21.6. The van der Waals surface area contributed by atoms with Crippen LogP contribution in [0.5, 0.6) is 11.5 Å². The molecule has 9 heteroatoms. The van der Waals surface area contributed by atoms with Crippen LogP contribution in [0.1, 0.15) is 25.0 Å². The second-order valence-corrected chi connectivity index (χ2v) is 9.35. The van der Waals surface area contributed by atoms with E-state index in [9.17, 15) is 4.79 Å². The second-order valence-electron chi connectivity index (χ2n) is 7.71. The summed E-state index contributed by atoms with van der Waals surface area (Å²) in [6.07, 6.45) is 0.206. The van der Waals surface area contributed by atoms with Gasteiger partial charge >= 0.3 is 0 Å². The molecule has 0 bridgehead atoms. The van der Waals surface area contributed by atoms with Crippen molar-refractivity contribution >= 4 is 56.3 Å². The van der Waals surface area contributed by atoms with E-state index >= 15 is 0 Å². The number of carbonyl (C=O) groups is 1. The number of nitrogens with zero attached hydrogens (tertiary/aromatic N) is 1. The lowest BCUT2D eigenvalue weighted by atomic mass is 10.1. The minimum Gasteiger partial charge on any atom is -0.493 e. The highest BCUT2D eigenvalue weighted by Gasteiger charge is 2.26. The van der Waals surface area contributed by atoms with Gasteiger partial charge in [0.25, 0.3) is 5.91 Å². The second kappa shape index (κ2) is 10.8. The first-order valence-electron chi connectivity index (χ1n) is 10.2. The Morgan fingerprint density at radius 3 is 2.66 bits per heavy atom. The van der Waals surface area contributed by atoms with E-state index < -0.39 is 0 Å². The molecule has 1 saturated heterocycles. The van der Waals surface area contributed by atoms with Crippen molar-refractivity contribution in [1.29, 1.82) is 0 Å². The standard InChI is InChI=1S/C23H26BrClN2O4S/c1-13-10-27(11-14(2)31-13)23(32)16-8-17(24)22(20(9-16)29-4)30-12-21(28)26-19-7-5-6-18(25)15(19)3/h5-9,13-14H,10-12H2,1-4H3,(H,26,28)/t13-,14+. The van der Waals surface area contributed by atoms with Crippen molar-refractivity contribution in [2.45, 2.75) is 33.0 Å². The number of ether oxygens (including phenoxy) is 3. The molecule has 2 aromatic carbocycles. The monoisotopic (exact) mass is 540 g/mol. The zero-order chi connectivity index (χ0) is 23.4. The maximum Gasteiger partial charge on any atom is 0.262 e. The Hall–Kier alpha value is -1.87. The summed E-state index contributed by atoms with van der Waals surface area (Å²) in [6.45, 7) is 7.18. The van der Waals surface area contributed by atoms with Crippen LogP contribution >= 0.6 is 39.7 Å². The van der Waals surface area contributed by atoms with E-state index in [1.54, 1.807) is 25.3 Å². The van der Waals surface area contributed by atoms with Crippen LogP contribution in [-0.4, -0.2) is 54.8 Å². The molecule has 6 nitrogen and oxygen atoms in total. The fraction of sp³-hybridized carbons (Fsp3) is 0.391. The number of carbonyl (C=O) groups excluding carboxylic acids is 1. The molecule has 0 aliphatic carbocycles. The molecule has 3 rings (SSSR count). The van der Waals surface area contributed by atoms with Crippen LogP contribution < -0.4 is 14.8 Å². The number of thiocarbonyl (C=S) groups is 1. The van der Waals surface area contributed by atoms with Gasteiger partial charge in [-0.25, -0.2) is 0 Å². The maximum atomic E-state index is 12.4. The van der Waals surface area contributed by atoms with Gasteiger partial charge in [0.2, 0.25) is 0 Å². The van der Waals surface area contributed by atoms with Gasteiger partial charge in [0.1, 0.15) is 4.99 Å². The van der Waals surface area contributed by atoms with Crippen LogP contribution in [0, 0.1) is 6.92 Å². The minimum absolute atomic E-state index is 0.103. The third kappa shape index (κ3) is 5.92. The Bertz CT molecular complexity index is 1010. The molecule has 1 heterocycles. The van der Waals surface area contributed by atoms with Crippen molar-refractivity contribution in [1.82, 2.24) is 4.90 Å². The predicted octanol–water partition coefficient (Wildman–Crippen LogP) is 5.22. The summed E-state index contributed by atoms with van der Waals surface area (Å²) in [5, 5.41) is 3.40. The molecule has 2 atom stereocenters. The lowest BCUT2D eigenvalue weighted by Gasteiger charge is -2.37. The van der Waals surface area contributed by atoms with Gasteiger partial charge in [-0.05, 0) is 66.5 Å². The maximum absolute atomic E-state index is 12.4. The number of halogens is 2. The highest BCUT2D eigenvalue weighted by Crippen LogP contribution is 2.37. The summed E-state index contributed by atoms with van der Waals surface area (Å²) in [5.41, 5.74) is 2.27. The lowest BCUT2D eigenvalue weighted by Crippen LogP contribution is -2.47. The summed E-state index contributed by atoms with van der Waals surface area (Å²) < 4.78 is 17.8. The molecule has 0 radical (unpaired) electrons. The van der Waals surface area contributed by atoms with E-state index in [4.69, 9.17) is 38.0 Å². The van der Waals surface area contributed by atoms with Crippen molar-refractivity contribution in [2.75, 3.05) is 32.1 Å². The number of anilines is 1. The molecule has 1 fully saturated rings. The van der Waals surface area contributed by atoms with Crippen molar-refractivity contribution in [3.05, 3.63) is 51.0 Å². The van der Waals surface area contributed by atoms with Crippen molar-refractivity contribution in [3.8, 4) is 11.5 Å². The number of methoxy groups -OCH3 is 1. The zero-order valence-electron chi connectivity index (χ0n) is 18.4. The third-order valence-corrected chi connectivity index (χ3v) is 6.56. The fourth-order valence-corrected chi connectivity index (χ4v) is 4.57. The topological polar surface area (TPSA) is 60.0 Å². The molecule has 0 unspecified atom stereocenters. The van der Waals surface area contributed by atoms with Gasteiger partial charge in [-0.2, -0.15) is 0 Å². The minimum atomic E-state index is -0.305. The van der Waals surface area contributed by atoms with Crippen molar-refractivity contribution in [3.63, 3.8) is 0 Å². The van der Waals surface area contributed by atoms with Gasteiger partial charge in [-0.15, -0.1) is 0 Å². The largest absolute Gasteiger partial charge is 0.493 e. The first kappa shape index (κ1) is 24.8. The Morgan fingerprint density at radius 1 is 1.31 bits per heavy atom. The number of amides is 1. The number of benzene rings is 2. The van der Waals surface area contributed by atoms with E-state index in [2.05, 4.69) is 26.1 Å². The molecule has 0 spiro atoms. The molecule has 1 aliphatic heterocycles. The first-order valence-corrected chi connectivity index (χ1v) is 11.8. The van der Waals surface area contributed by atoms with Crippen molar-refractivity contribution in [2.24, 2.45) is 0 Å². The van der Waals surface area contributed by atoms with E-state index in [0.717, 1.165) is 24.2 Å². The van der Waals surface area contributed by atoms with Gasteiger partial charge in [-0.1, -0.05) is 29.9 Å². The number of hydrogen-bond acceptors (Lipinski definition) is 5. The van der Waals surface area contributed by atoms with E-state index in [0.29, 0.717) is 31.7 Å². The van der Waals surface area contributed by atoms with Gasteiger partial charge in [0, 0.05) is 29.4 Å². The summed E-state index contributed by atoms with van der Waals surface area (Å²) >= 11 is 15.4. The average Bonchev–Trinajstić information content (AvgIpc) is 2.74. The molecule has 1 aliphatic rings. The van der Waals surface area contributed by atoms with Crippen LogP contribution in [-0.2, 0) is 9.53 Å². The fourth-order valence-electron chi connectivity index (χ4n) is 3.58. The van der Waals surface area contributed by atoms with Gasteiger partial charge < -0.3 is 24.4 Å². The van der Waals surface area contributed by atoms with Gasteiger partial charge in [0.05, 0.1) is 23.8 Å². The summed E-state index contributed by atoms with van der Waals surface area (Å²) in [4.78, 5) is 15.3. The summed E-state index contributed by atoms with van der Waals surface area (Å²) in [6, 6.07) is 9.05. The molecule has 2 aromatic rings.